The third-order valence-corrected chi connectivity index (χ3v) is 7.16. The second kappa shape index (κ2) is 6.58. The Hall–Kier alpha value is -2.36. The van der Waals surface area contributed by atoms with Gasteiger partial charge in [0, 0.05) is 24.3 Å². The van der Waals surface area contributed by atoms with Gasteiger partial charge < -0.3 is 10.2 Å². The van der Waals surface area contributed by atoms with E-state index in [0.717, 1.165) is 49.0 Å². The summed E-state index contributed by atoms with van der Waals surface area (Å²) in [7, 11) is 0. The van der Waals surface area contributed by atoms with Gasteiger partial charge in [0.05, 0.1) is 6.04 Å². The van der Waals surface area contributed by atoms with Crippen molar-refractivity contribution in [1.29, 1.82) is 0 Å². The predicted octanol–water partition coefficient (Wildman–Crippen LogP) is 5.69. The normalized spacial score (nSPS) is 23.7. The summed E-state index contributed by atoms with van der Waals surface area (Å²) in [6.45, 7) is 7.35. The third kappa shape index (κ3) is 3.43. The van der Waals surface area contributed by atoms with Gasteiger partial charge >= 0.3 is 0 Å². The van der Waals surface area contributed by atoms with Gasteiger partial charge in [0.15, 0.2) is 0 Å². The van der Waals surface area contributed by atoms with Gasteiger partial charge in [-0.05, 0) is 97.4 Å². The van der Waals surface area contributed by atoms with Gasteiger partial charge in [-0.3, -0.25) is 4.79 Å². The first-order valence-corrected chi connectivity index (χ1v) is 10.8. The van der Waals surface area contributed by atoms with E-state index in [1.54, 1.807) is 12.1 Å². The quantitative estimate of drug-likeness (QED) is 0.724. The number of fused-ring (bicyclic) bond motifs is 4. The van der Waals surface area contributed by atoms with E-state index in [9.17, 15) is 9.18 Å². The maximum atomic E-state index is 13.7. The second-order valence-corrected chi connectivity index (χ2v) is 9.81. The number of carbonyl (C=O) groups is 1. The molecule has 0 aromatic heterocycles. The van der Waals surface area contributed by atoms with Crippen LogP contribution in [0, 0.1) is 31.0 Å². The minimum absolute atomic E-state index is 0.122. The van der Waals surface area contributed by atoms with Crippen molar-refractivity contribution in [2.45, 2.75) is 58.9 Å². The van der Waals surface area contributed by atoms with Crippen LogP contribution in [0.15, 0.2) is 30.3 Å². The zero-order valence-electron chi connectivity index (χ0n) is 17.5. The molecule has 4 heteroatoms. The number of anilines is 2. The Balaban J connectivity index is 1.41. The fourth-order valence-electron chi connectivity index (χ4n) is 5.30. The average molecular weight is 393 g/mol. The Labute approximate surface area is 172 Å². The Morgan fingerprint density at radius 1 is 1.21 bits per heavy atom. The molecule has 2 fully saturated rings. The fraction of sp³-hybridized carbons (Fsp3) is 0.480. The molecule has 29 heavy (non-hydrogen) atoms. The van der Waals surface area contributed by atoms with Gasteiger partial charge in [-0.25, -0.2) is 4.39 Å². The molecule has 2 bridgehead atoms. The van der Waals surface area contributed by atoms with Gasteiger partial charge in [-0.1, -0.05) is 13.0 Å². The lowest BCUT2D eigenvalue weighted by Crippen LogP contribution is -2.23. The monoisotopic (exact) mass is 392 g/mol. The van der Waals surface area contributed by atoms with Gasteiger partial charge in [0.25, 0.3) is 0 Å². The predicted molar refractivity (Wildman–Crippen MR) is 115 cm³/mol. The van der Waals surface area contributed by atoms with E-state index in [4.69, 9.17) is 0 Å². The summed E-state index contributed by atoms with van der Waals surface area (Å²) >= 11 is 0. The van der Waals surface area contributed by atoms with Gasteiger partial charge in [-0.2, -0.15) is 0 Å². The summed E-state index contributed by atoms with van der Waals surface area (Å²) in [5.74, 6) is 0.564. The maximum Gasteiger partial charge on any atom is 0.224 e. The van der Waals surface area contributed by atoms with E-state index in [1.807, 2.05) is 6.07 Å². The molecular formula is C25H29FN2O. The van der Waals surface area contributed by atoms with Crippen molar-refractivity contribution in [3.05, 3.63) is 58.4 Å². The zero-order chi connectivity index (χ0) is 20.3. The number of nitrogens with zero attached hydrogens (tertiary/aromatic N) is 1. The molecule has 3 nitrogen and oxygen atoms in total. The molecular weight excluding hydrogens is 363 g/mol. The lowest BCUT2D eigenvalue weighted by Gasteiger charge is -2.30. The van der Waals surface area contributed by atoms with Crippen LogP contribution in [0.4, 0.5) is 15.8 Å². The molecule has 1 aliphatic heterocycles. The number of nitrogens with one attached hydrogen (secondary N) is 1. The molecule has 5 rings (SSSR count). The fourth-order valence-corrected chi connectivity index (χ4v) is 5.30. The number of benzene rings is 2. The van der Waals surface area contributed by atoms with E-state index in [1.165, 1.54) is 16.8 Å². The Bertz CT molecular complexity index is 971. The maximum absolute atomic E-state index is 13.7. The molecule has 2 atom stereocenters. The molecule has 1 N–H and O–H groups in total. The van der Waals surface area contributed by atoms with Crippen molar-refractivity contribution in [2.24, 2.45) is 11.3 Å². The number of halogens is 1. The first kappa shape index (κ1) is 18.7. The minimum atomic E-state index is -0.136. The molecule has 152 valence electrons. The van der Waals surface area contributed by atoms with E-state index in [-0.39, 0.29) is 17.1 Å². The topological polar surface area (TPSA) is 32.3 Å². The highest BCUT2D eigenvalue weighted by molar-refractivity contribution is 5.93. The third-order valence-electron chi connectivity index (χ3n) is 7.16. The highest BCUT2D eigenvalue weighted by atomic mass is 19.1. The summed E-state index contributed by atoms with van der Waals surface area (Å²) in [5.41, 5.74) is 7.02. The molecule has 3 aliphatic rings. The minimum Gasteiger partial charge on any atom is -0.364 e. The van der Waals surface area contributed by atoms with Crippen molar-refractivity contribution >= 4 is 17.3 Å². The number of aryl methyl sites for hydroxylation is 2. The number of hydrogen-bond donors (Lipinski definition) is 1. The summed E-state index contributed by atoms with van der Waals surface area (Å²) in [4.78, 5) is 15.0. The number of rotatable bonds is 4. The van der Waals surface area contributed by atoms with Crippen molar-refractivity contribution in [3.63, 3.8) is 0 Å². The van der Waals surface area contributed by atoms with Crippen LogP contribution in [0.3, 0.4) is 0 Å². The van der Waals surface area contributed by atoms with Gasteiger partial charge in [0.1, 0.15) is 5.82 Å². The van der Waals surface area contributed by atoms with Crippen LogP contribution >= 0.6 is 0 Å². The van der Waals surface area contributed by atoms with E-state index < -0.39 is 0 Å². The highest BCUT2D eigenvalue weighted by Crippen LogP contribution is 2.49. The Morgan fingerprint density at radius 3 is 2.62 bits per heavy atom. The Morgan fingerprint density at radius 2 is 1.93 bits per heavy atom. The zero-order valence-corrected chi connectivity index (χ0v) is 17.5. The van der Waals surface area contributed by atoms with E-state index >= 15 is 0 Å². The number of hydrogen-bond acceptors (Lipinski definition) is 2. The molecule has 1 saturated heterocycles. The van der Waals surface area contributed by atoms with Crippen LogP contribution in [-0.4, -0.2) is 12.5 Å². The summed E-state index contributed by atoms with van der Waals surface area (Å²) < 4.78 is 13.7. The van der Waals surface area contributed by atoms with E-state index in [0.29, 0.717) is 18.4 Å². The molecule has 2 aromatic rings. The summed E-state index contributed by atoms with van der Waals surface area (Å²) in [6, 6.07) is 9.99. The van der Waals surface area contributed by atoms with Crippen LogP contribution < -0.4 is 10.2 Å². The number of carbonyl (C=O) groups excluding carboxylic acids is 1. The summed E-state index contributed by atoms with van der Waals surface area (Å²) in [5, 5.41) is 3.16. The molecule has 1 heterocycles. The molecule has 1 saturated carbocycles. The molecule has 2 aromatic carbocycles. The molecule has 0 spiro atoms. The van der Waals surface area contributed by atoms with Gasteiger partial charge in [0.2, 0.25) is 5.91 Å². The van der Waals surface area contributed by atoms with Crippen molar-refractivity contribution in [3.8, 4) is 0 Å². The molecule has 2 aliphatic carbocycles. The smallest absolute Gasteiger partial charge is 0.224 e. The van der Waals surface area contributed by atoms with Crippen LogP contribution in [-0.2, 0) is 11.2 Å². The largest absolute Gasteiger partial charge is 0.364 e. The second-order valence-electron chi connectivity index (χ2n) is 9.81. The SMILES string of the molecule is Cc1cc(N2CC3Cc4cc(F)ccc4C2C3)cc(C)c1NC(=O)CC1(C)CC1. The number of amides is 1. The van der Waals surface area contributed by atoms with Crippen LogP contribution in [0.1, 0.15) is 60.9 Å². The van der Waals surface area contributed by atoms with Crippen molar-refractivity contribution in [1.82, 2.24) is 0 Å². The first-order valence-electron chi connectivity index (χ1n) is 10.8. The summed E-state index contributed by atoms with van der Waals surface area (Å²) in [6.07, 6.45) is 5.01. The van der Waals surface area contributed by atoms with Crippen LogP contribution in [0.5, 0.6) is 0 Å². The van der Waals surface area contributed by atoms with Crippen molar-refractivity contribution in [2.75, 3.05) is 16.8 Å². The van der Waals surface area contributed by atoms with Crippen LogP contribution in [0.25, 0.3) is 0 Å². The van der Waals surface area contributed by atoms with Crippen LogP contribution in [0.2, 0.25) is 0 Å². The lowest BCUT2D eigenvalue weighted by atomic mass is 9.84. The lowest BCUT2D eigenvalue weighted by molar-refractivity contribution is -0.117. The molecule has 0 radical (unpaired) electrons. The van der Waals surface area contributed by atoms with Crippen molar-refractivity contribution < 1.29 is 9.18 Å². The Kier molecular flexibility index (Phi) is 4.23. The highest BCUT2D eigenvalue weighted by Gasteiger charge is 2.40. The van der Waals surface area contributed by atoms with Gasteiger partial charge in [-0.15, -0.1) is 0 Å². The average Bonchev–Trinajstić information content (AvgIpc) is 3.27. The molecule has 2 unspecified atom stereocenters. The standard InChI is InChI=1S/C25H29FN2O/c1-15-8-20(9-16(2)24(15)27-23(29)13-25(3)6-7-25)28-14-17-10-18-12-19(26)4-5-21(18)22(28)11-17/h4-5,8-9,12,17,22H,6-7,10-11,13-14H2,1-3H3,(H,27,29). The first-order chi connectivity index (χ1) is 13.8. The molecule has 1 amide bonds. The van der Waals surface area contributed by atoms with E-state index in [2.05, 4.69) is 43.1 Å².